The summed E-state index contributed by atoms with van der Waals surface area (Å²) in [6, 6.07) is 0. The first-order valence-corrected chi connectivity index (χ1v) is 9.77. The molecule has 0 fully saturated rings. The van der Waals surface area contributed by atoms with Gasteiger partial charge in [0.25, 0.3) is 0 Å². The van der Waals surface area contributed by atoms with Crippen molar-refractivity contribution in [1.82, 2.24) is 0 Å². The molecule has 14 heteroatoms. The van der Waals surface area contributed by atoms with Crippen molar-refractivity contribution in [3.05, 3.63) is 24.3 Å². The predicted octanol–water partition coefficient (Wildman–Crippen LogP) is 0.430. The summed E-state index contributed by atoms with van der Waals surface area (Å²) in [7, 11) is -8.93. The molecule has 0 bridgehead atoms. The standard InChI is InChI=1S/C12H19O8P.H3O4P/c1-9(2)11(13)17-5-7-19-21(15,16)20-8-6-18-12(14)10(3)4;1-5(2,3)4/h1,3,5-8H2,2,4H3,(H,15,16);(H3,1,2,3,4). The zero-order valence-electron chi connectivity index (χ0n) is 14.2. The van der Waals surface area contributed by atoms with Crippen molar-refractivity contribution in [3.8, 4) is 0 Å². The van der Waals surface area contributed by atoms with E-state index < -0.39 is 27.6 Å². The Morgan fingerprint density at radius 3 is 1.27 bits per heavy atom. The maximum Gasteiger partial charge on any atom is 0.472 e. The normalized spacial score (nSPS) is 11.0. The monoisotopic (exact) mass is 420 g/mol. The van der Waals surface area contributed by atoms with E-state index in [1.54, 1.807) is 0 Å². The minimum Gasteiger partial charge on any atom is -0.460 e. The molecule has 0 radical (unpaired) electrons. The highest BCUT2D eigenvalue weighted by molar-refractivity contribution is 7.47. The fourth-order valence-corrected chi connectivity index (χ4v) is 1.54. The Hall–Kier alpha value is -1.36. The molecule has 152 valence electrons. The van der Waals surface area contributed by atoms with E-state index in [0.29, 0.717) is 0 Å². The summed E-state index contributed by atoms with van der Waals surface area (Å²) in [6.45, 7) is 8.59. The molecular formula is C12H22O12P2. The van der Waals surface area contributed by atoms with Crippen molar-refractivity contribution in [2.45, 2.75) is 13.8 Å². The van der Waals surface area contributed by atoms with Gasteiger partial charge in [0.15, 0.2) is 0 Å². The molecule has 12 nitrogen and oxygen atoms in total. The van der Waals surface area contributed by atoms with Gasteiger partial charge in [-0.2, -0.15) is 0 Å². The third kappa shape index (κ3) is 20.7. The Morgan fingerprint density at radius 2 is 1.04 bits per heavy atom. The average molecular weight is 420 g/mol. The molecule has 0 saturated heterocycles. The number of hydrogen-bond acceptors (Lipinski definition) is 8. The van der Waals surface area contributed by atoms with Crippen molar-refractivity contribution in [2.75, 3.05) is 26.4 Å². The minimum atomic E-state index is -4.64. The van der Waals surface area contributed by atoms with Gasteiger partial charge in [0, 0.05) is 11.1 Å². The second kappa shape index (κ2) is 12.9. The summed E-state index contributed by atoms with van der Waals surface area (Å²) in [5, 5.41) is 0. The zero-order chi connectivity index (χ0) is 21.0. The molecule has 0 aromatic heterocycles. The summed E-state index contributed by atoms with van der Waals surface area (Å²) < 4.78 is 38.6. The highest BCUT2D eigenvalue weighted by Gasteiger charge is 2.21. The van der Waals surface area contributed by atoms with Crippen LogP contribution < -0.4 is 0 Å². The lowest BCUT2D eigenvalue weighted by Crippen LogP contribution is -2.12. The fourth-order valence-electron chi connectivity index (χ4n) is 0.858. The number of carbonyl (C=O) groups excluding carboxylic acids is 2. The number of phosphoric acid groups is 2. The number of ether oxygens (including phenoxy) is 2. The van der Waals surface area contributed by atoms with Crippen LogP contribution in [0.1, 0.15) is 13.8 Å². The Labute approximate surface area is 149 Å². The molecule has 0 aliphatic carbocycles. The Bertz CT molecular complexity index is 547. The number of hydrogen-bond donors (Lipinski definition) is 4. The molecule has 0 saturated carbocycles. The molecule has 0 aromatic carbocycles. The maximum absolute atomic E-state index is 11.4. The zero-order valence-corrected chi connectivity index (χ0v) is 16.0. The third-order valence-electron chi connectivity index (χ3n) is 1.84. The first-order chi connectivity index (χ1) is 11.7. The van der Waals surface area contributed by atoms with Gasteiger partial charge in [-0.25, -0.2) is 18.7 Å². The fraction of sp³-hybridized carbons (Fsp3) is 0.500. The van der Waals surface area contributed by atoms with Gasteiger partial charge in [-0.05, 0) is 13.8 Å². The number of rotatable bonds is 10. The van der Waals surface area contributed by atoms with Crippen LogP contribution in [0.5, 0.6) is 0 Å². The van der Waals surface area contributed by atoms with Crippen LogP contribution in [-0.4, -0.2) is 57.9 Å². The van der Waals surface area contributed by atoms with Gasteiger partial charge in [0.1, 0.15) is 13.2 Å². The quantitative estimate of drug-likeness (QED) is 0.165. The molecule has 0 aliphatic heterocycles. The first-order valence-electron chi connectivity index (χ1n) is 6.71. The lowest BCUT2D eigenvalue weighted by atomic mass is 10.4. The lowest BCUT2D eigenvalue weighted by molar-refractivity contribution is -0.140. The van der Waals surface area contributed by atoms with Crippen LogP contribution in [-0.2, 0) is 37.2 Å². The van der Waals surface area contributed by atoms with Crippen LogP contribution in [0.3, 0.4) is 0 Å². The Kier molecular flexibility index (Phi) is 13.3. The van der Waals surface area contributed by atoms with E-state index in [-0.39, 0.29) is 37.6 Å². The van der Waals surface area contributed by atoms with Crippen molar-refractivity contribution in [2.24, 2.45) is 0 Å². The smallest absolute Gasteiger partial charge is 0.460 e. The van der Waals surface area contributed by atoms with Crippen LogP contribution in [0.15, 0.2) is 24.3 Å². The minimum absolute atomic E-state index is 0.206. The molecule has 4 N–H and O–H groups in total. The van der Waals surface area contributed by atoms with E-state index in [1.165, 1.54) is 13.8 Å². The summed E-state index contributed by atoms with van der Waals surface area (Å²) in [5.41, 5.74) is 0.413. The summed E-state index contributed by atoms with van der Waals surface area (Å²) in [4.78, 5) is 52.8. The van der Waals surface area contributed by atoms with Crippen molar-refractivity contribution < 1.29 is 56.8 Å². The van der Waals surface area contributed by atoms with Gasteiger partial charge in [0.2, 0.25) is 0 Å². The van der Waals surface area contributed by atoms with Crippen molar-refractivity contribution >= 4 is 27.6 Å². The van der Waals surface area contributed by atoms with Crippen LogP contribution in [0.4, 0.5) is 0 Å². The second-order valence-corrected chi connectivity index (χ2v) is 6.96. The molecule has 0 atom stereocenters. The highest BCUT2D eigenvalue weighted by atomic mass is 31.2. The van der Waals surface area contributed by atoms with E-state index in [4.69, 9.17) is 19.2 Å². The van der Waals surface area contributed by atoms with Crippen molar-refractivity contribution in [3.63, 3.8) is 0 Å². The molecule has 0 amide bonds. The molecule has 0 heterocycles. The van der Waals surface area contributed by atoms with Crippen LogP contribution >= 0.6 is 15.6 Å². The van der Waals surface area contributed by atoms with Crippen LogP contribution in [0.2, 0.25) is 0 Å². The SMILES string of the molecule is C=C(C)C(=O)OCCOP(=O)(O)OCCOC(=O)C(=C)C.O=P(O)(O)O. The molecule has 0 spiro atoms. The van der Waals surface area contributed by atoms with Crippen LogP contribution in [0.25, 0.3) is 0 Å². The number of phosphoric ester groups is 1. The van der Waals surface area contributed by atoms with E-state index in [1.807, 2.05) is 0 Å². The van der Waals surface area contributed by atoms with Gasteiger partial charge < -0.3 is 29.0 Å². The second-order valence-electron chi connectivity index (χ2n) is 4.48. The van der Waals surface area contributed by atoms with Crippen LogP contribution in [0, 0.1) is 0 Å². The molecule has 26 heavy (non-hydrogen) atoms. The van der Waals surface area contributed by atoms with E-state index in [2.05, 4.69) is 31.7 Å². The van der Waals surface area contributed by atoms with Gasteiger partial charge >= 0.3 is 27.6 Å². The molecule has 0 aromatic rings. The molecular weight excluding hydrogens is 398 g/mol. The predicted molar refractivity (Wildman–Crippen MR) is 87.5 cm³/mol. The van der Waals surface area contributed by atoms with Crippen molar-refractivity contribution in [1.29, 1.82) is 0 Å². The Balaban J connectivity index is 0. The molecule has 0 aliphatic rings. The number of carbonyl (C=O) groups is 2. The van der Waals surface area contributed by atoms with Gasteiger partial charge in [-0.3, -0.25) is 9.05 Å². The topological polar surface area (TPSA) is 186 Å². The maximum atomic E-state index is 11.4. The average Bonchev–Trinajstić information content (AvgIpc) is 2.45. The first kappa shape index (κ1) is 26.9. The summed E-state index contributed by atoms with van der Waals surface area (Å²) in [6.07, 6.45) is 0. The van der Waals surface area contributed by atoms with Gasteiger partial charge in [0.05, 0.1) is 13.2 Å². The molecule has 0 rings (SSSR count). The third-order valence-corrected chi connectivity index (χ3v) is 2.86. The van der Waals surface area contributed by atoms with E-state index in [9.17, 15) is 19.0 Å². The van der Waals surface area contributed by atoms with Gasteiger partial charge in [-0.15, -0.1) is 0 Å². The Morgan fingerprint density at radius 1 is 0.769 bits per heavy atom. The van der Waals surface area contributed by atoms with E-state index in [0.717, 1.165) is 0 Å². The van der Waals surface area contributed by atoms with Gasteiger partial charge in [-0.1, -0.05) is 13.2 Å². The highest BCUT2D eigenvalue weighted by Crippen LogP contribution is 2.42. The summed E-state index contributed by atoms with van der Waals surface area (Å²) in [5.74, 6) is -1.25. The lowest BCUT2D eigenvalue weighted by Gasteiger charge is -2.12. The summed E-state index contributed by atoms with van der Waals surface area (Å²) >= 11 is 0. The largest absolute Gasteiger partial charge is 0.472 e. The van der Waals surface area contributed by atoms with E-state index >= 15 is 0 Å². The number of esters is 2. The molecule has 0 unspecified atom stereocenters.